The molecule has 0 atom stereocenters. The second-order valence-electron chi connectivity index (χ2n) is 5.62. The van der Waals surface area contributed by atoms with Crippen molar-refractivity contribution in [1.29, 1.82) is 0 Å². The molecule has 0 saturated carbocycles. The van der Waals surface area contributed by atoms with Crippen molar-refractivity contribution in [2.75, 3.05) is 24.9 Å². The molecule has 25 heavy (non-hydrogen) atoms. The molecule has 0 spiro atoms. The van der Waals surface area contributed by atoms with Crippen molar-refractivity contribution >= 4 is 54.6 Å². The van der Waals surface area contributed by atoms with E-state index in [1.165, 1.54) is 11.3 Å². The lowest BCUT2D eigenvalue weighted by molar-refractivity contribution is 1.05. The Morgan fingerprint density at radius 1 is 1.44 bits per heavy atom. The lowest BCUT2D eigenvalue weighted by atomic mass is 10.2. The van der Waals surface area contributed by atoms with Gasteiger partial charge in [0.15, 0.2) is 0 Å². The number of aromatic nitrogens is 2. The van der Waals surface area contributed by atoms with Gasteiger partial charge in [0.25, 0.3) is 5.56 Å². The van der Waals surface area contributed by atoms with Crippen molar-refractivity contribution in [3.63, 3.8) is 0 Å². The molecule has 0 bridgehead atoms. The quantitative estimate of drug-likeness (QED) is 0.489. The molecule has 3 aromatic rings. The van der Waals surface area contributed by atoms with Gasteiger partial charge in [-0.15, -0.1) is 22.9 Å². The Morgan fingerprint density at radius 3 is 2.92 bits per heavy atom. The Bertz CT molecular complexity index is 1060. The van der Waals surface area contributed by atoms with Crippen molar-refractivity contribution in [2.45, 2.75) is 0 Å². The Balaban J connectivity index is 2.32. The number of hydrogen-bond donors (Lipinski definition) is 0. The van der Waals surface area contributed by atoms with Crippen LogP contribution in [-0.2, 0) is 0 Å². The highest BCUT2D eigenvalue weighted by atomic mass is 35.5. The largest absolute Gasteiger partial charge is 0.377 e. The first-order valence-electron chi connectivity index (χ1n) is 7.74. The van der Waals surface area contributed by atoms with Crippen molar-refractivity contribution in [3.05, 3.63) is 65.8 Å². The van der Waals surface area contributed by atoms with E-state index in [-0.39, 0.29) is 5.56 Å². The maximum Gasteiger partial charge on any atom is 0.273 e. The minimum absolute atomic E-state index is 0.0717. The number of fused-ring (bicyclic) bond motifs is 3. The zero-order valence-corrected chi connectivity index (χ0v) is 15.6. The summed E-state index contributed by atoms with van der Waals surface area (Å²) in [6.45, 7) is 3.72. The van der Waals surface area contributed by atoms with E-state index < -0.39 is 0 Å². The van der Waals surface area contributed by atoms with Crippen LogP contribution in [-0.4, -0.2) is 29.5 Å². The maximum absolute atomic E-state index is 13.0. The van der Waals surface area contributed by atoms with Crippen LogP contribution in [0, 0.1) is 0 Å². The molecule has 128 valence electrons. The highest BCUT2D eigenvalue weighted by Gasteiger charge is 2.15. The van der Waals surface area contributed by atoms with Crippen molar-refractivity contribution in [3.8, 4) is 0 Å². The van der Waals surface area contributed by atoms with Gasteiger partial charge in [0.1, 0.15) is 9.53 Å². The van der Waals surface area contributed by atoms with Crippen LogP contribution in [0.2, 0.25) is 0 Å². The van der Waals surface area contributed by atoms with Crippen LogP contribution in [0.3, 0.4) is 0 Å². The molecule has 3 aromatic heterocycles. The molecule has 0 aliphatic heterocycles. The molecule has 3 rings (SSSR count). The number of nitrogens with zero attached hydrogens (tertiary/aromatic N) is 3. The smallest absolute Gasteiger partial charge is 0.273 e. The fraction of sp³-hybridized carbons (Fsp3) is 0.158. The van der Waals surface area contributed by atoms with E-state index >= 15 is 0 Å². The van der Waals surface area contributed by atoms with Gasteiger partial charge in [0, 0.05) is 54.5 Å². The first-order chi connectivity index (χ1) is 12.1. The Hall–Kier alpha value is -2.37. The van der Waals surface area contributed by atoms with Gasteiger partial charge in [-0.2, -0.15) is 0 Å². The van der Waals surface area contributed by atoms with Gasteiger partial charge in [-0.25, -0.2) is 4.98 Å². The Morgan fingerprint density at radius 2 is 2.24 bits per heavy atom. The van der Waals surface area contributed by atoms with Crippen LogP contribution in [0.1, 0.15) is 0 Å². The van der Waals surface area contributed by atoms with E-state index in [1.807, 2.05) is 37.2 Å². The van der Waals surface area contributed by atoms with Crippen LogP contribution < -0.4 is 10.5 Å². The standard InChI is InChI=1S/C19H18ClN3OS/c1-4-6-13(7-5-10-20)23-12-9-14-16-15(22(2)3)8-11-21-18(16)25-17(14)19(23)24/h4-9,11-12H,1,10H2,2-3H3/b7-5-,13-6+. The summed E-state index contributed by atoms with van der Waals surface area (Å²) in [5.74, 6) is 0.379. The normalized spacial score (nSPS) is 12.4. The average Bonchev–Trinajstić information content (AvgIpc) is 2.99. The summed E-state index contributed by atoms with van der Waals surface area (Å²) < 4.78 is 2.30. The Labute approximate surface area is 155 Å². The monoisotopic (exact) mass is 371 g/mol. The van der Waals surface area contributed by atoms with Crippen LogP contribution in [0.25, 0.3) is 26.0 Å². The van der Waals surface area contributed by atoms with E-state index in [2.05, 4.69) is 11.6 Å². The van der Waals surface area contributed by atoms with Gasteiger partial charge in [-0.1, -0.05) is 18.7 Å². The molecule has 3 heterocycles. The van der Waals surface area contributed by atoms with Crippen molar-refractivity contribution in [1.82, 2.24) is 9.55 Å². The second-order valence-corrected chi connectivity index (χ2v) is 6.93. The number of allylic oxidation sites excluding steroid dienone is 5. The summed E-state index contributed by atoms with van der Waals surface area (Å²) in [5, 5.41) is 1.94. The number of hydrogen-bond acceptors (Lipinski definition) is 4. The van der Waals surface area contributed by atoms with Crippen LogP contribution >= 0.6 is 22.9 Å². The maximum atomic E-state index is 13.0. The van der Waals surface area contributed by atoms with Crippen LogP contribution in [0.4, 0.5) is 5.69 Å². The summed E-state index contributed by atoms with van der Waals surface area (Å²) >= 11 is 7.15. The molecule has 6 heteroatoms. The molecular weight excluding hydrogens is 354 g/mol. The van der Waals surface area contributed by atoms with Gasteiger partial charge in [-0.3, -0.25) is 9.36 Å². The number of rotatable bonds is 5. The minimum Gasteiger partial charge on any atom is -0.377 e. The van der Waals surface area contributed by atoms with Gasteiger partial charge >= 0.3 is 0 Å². The molecule has 4 nitrogen and oxygen atoms in total. The molecule has 0 saturated heterocycles. The highest BCUT2D eigenvalue weighted by Crippen LogP contribution is 2.36. The number of thiophene rings is 1. The SMILES string of the molecule is C=C/C=C(\C=C/CCl)n1ccc2c(sc3nccc(N(C)C)c32)c1=O. The number of pyridine rings is 2. The lowest BCUT2D eigenvalue weighted by Gasteiger charge is -2.13. The highest BCUT2D eigenvalue weighted by molar-refractivity contribution is 7.25. The first-order valence-corrected chi connectivity index (χ1v) is 9.09. The molecule has 0 radical (unpaired) electrons. The molecule has 0 aromatic carbocycles. The first kappa shape index (κ1) is 17.5. The molecule has 0 amide bonds. The summed E-state index contributed by atoms with van der Waals surface area (Å²) in [5.41, 5.74) is 1.70. The van der Waals surface area contributed by atoms with Gasteiger partial charge in [-0.05, 0) is 24.3 Å². The van der Waals surface area contributed by atoms with E-state index in [0.717, 1.165) is 27.0 Å². The molecule has 0 N–H and O–H groups in total. The summed E-state index contributed by atoms with van der Waals surface area (Å²) in [7, 11) is 3.97. The molecule has 0 aliphatic carbocycles. The van der Waals surface area contributed by atoms with E-state index in [1.54, 1.807) is 35.2 Å². The van der Waals surface area contributed by atoms with Crippen molar-refractivity contribution < 1.29 is 0 Å². The Kier molecular flexibility index (Phi) is 5.06. The summed E-state index contributed by atoms with van der Waals surface area (Å²) in [6, 6.07) is 3.93. The van der Waals surface area contributed by atoms with Crippen LogP contribution in [0.15, 0.2) is 60.2 Å². The molecule has 0 fully saturated rings. The third-order valence-corrected chi connectivity index (χ3v) is 5.12. The van der Waals surface area contributed by atoms with E-state index in [4.69, 9.17) is 11.6 Å². The number of alkyl halides is 1. The molecular formula is C19H18ClN3OS. The topological polar surface area (TPSA) is 38.1 Å². The zero-order valence-electron chi connectivity index (χ0n) is 14.1. The fourth-order valence-electron chi connectivity index (χ4n) is 2.75. The van der Waals surface area contributed by atoms with Gasteiger partial charge in [0.05, 0.1) is 0 Å². The molecule has 0 aliphatic rings. The summed E-state index contributed by atoms with van der Waals surface area (Å²) in [4.78, 5) is 20.4. The lowest BCUT2D eigenvalue weighted by Crippen LogP contribution is -2.17. The van der Waals surface area contributed by atoms with Crippen LogP contribution in [0.5, 0.6) is 0 Å². The predicted octanol–water partition coefficient (Wildman–Crippen LogP) is 4.50. The number of anilines is 1. The third kappa shape index (κ3) is 3.13. The van der Waals surface area contributed by atoms with E-state index in [0.29, 0.717) is 10.6 Å². The predicted molar refractivity (Wildman–Crippen MR) is 110 cm³/mol. The second kappa shape index (κ2) is 7.25. The fourth-order valence-corrected chi connectivity index (χ4v) is 3.93. The van der Waals surface area contributed by atoms with E-state index in [9.17, 15) is 4.79 Å². The number of halogens is 1. The summed E-state index contributed by atoms with van der Waals surface area (Å²) in [6.07, 6.45) is 10.6. The third-order valence-electron chi connectivity index (χ3n) is 3.84. The average molecular weight is 372 g/mol. The van der Waals surface area contributed by atoms with Gasteiger partial charge in [0.2, 0.25) is 0 Å². The molecule has 0 unspecified atom stereocenters. The minimum atomic E-state index is -0.0717. The van der Waals surface area contributed by atoms with Gasteiger partial charge < -0.3 is 4.90 Å². The van der Waals surface area contributed by atoms with Crippen molar-refractivity contribution in [2.24, 2.45) is 0 Å². The zero-order chi connectivity index (χ0) is 18.0.